The minimum Gasteiger partial charge on any atom is -0.479 e. The van der Waals surface area contributed by atoms with Gasteiger partial charge in [0.1, 0.15) is 0 Å². The van der Waals surface area contributed by atoms with Crippen molar-refractivity contribution >= 4 is 25.1 Å². The van der Waals surface area contributed by atoms with Crippen molar-refractivity contribution < 1.29 is 19.8 Å². The quantitative estimate of drug-likeness (QED) is 0.711. The number of carboxylic acid groups (broad SMARTS) is 1. The number of aliphatic hydroxyl groups is 1. The second kappa shape index (κ2) is 7.79. The summed E-state index contributed by atoms with van der Waals surface area (Å²) in [6.45, 7) is 15.7. The summed E-state index contributed by atoms with van der Waals surface area (Å²) in [5.41, 5.74) is 4.61. The first-order valence-corrected chi connectivity index (χ1v) is 14.6. The summed E-state index contributed by atoms with van der Waals surface area (Å²) < 4.78 is 0. The molecule has 166 valence electrons. The van der Waals surface area contributed by atoms with Gasteiger partial charge in [0.25, 0.3) is 0 Å². The lowest BCUT2D eigenvalue weighted by molar-refractivity contribution is -0.146. The summed E-state index contributed by atoms with van der Waals surface area (Å²) in [5.74, 6) is -1.11. The zero-order chi connectivity index (χ0) is 22.6. The Labute approximate surface area is 181 Å². The standard InChI is InChI=1S/C24H37NO4Si/c1-14-16-12-19(26)25(18-10-8-9-11-24(18,3)4)13-17(16)15(2)22(30(5,6)7)20(14)21(27)23(28)29/h18,21,27H,8-13H2,1-7H3,(H,28,29)/t18?,21-/m0/s1. The Morgan fingerprint density at radius 1 is 1.13 bits per heavy atom. The van der Waals surface area contributed by atoms with E-state index < -0.39 is 20.1 Å². The molecule has 1 saturated carbocycles. The minimum atomic E-state index is -1.96. The molecular formula is C24H37NO4Si. The van der Waals surface area contributed by atoms with Crippen molar-refractivity contribution in [1.82, 2.24) is 4.90 Å². The summed E-state index contributed by atoms with van der Waals surface area (Å²) in [7, 11) is -1.96. The highest BCUT2D eigenvalue weighted by Gasteiger charge is 2.42. The van der Waals surface area contributed by atoms with Gasteiger partial charge in [-0.05, 0) is 59.9 Å². The van der Waals surface area contributed by atoms with E-state index in [2.05, 4.69) is 45.3 Å². The minimum absolute atomic E-state index is 0.107. The van der Waals surface area contributed by atoms with Gasteiger partial charge in [0.15, 0.2) is 6.10 Å². The van der Waals surface area contributed by atoms with Crippen LogP contribution in [0.3, 0.4) is 0 Å². The molecule has 2 N–H and O–H groups in total. The molecule has 1 amide bonds. The van der Waals surface area contributed by atoms with Gasteiger partial charge in [0.05, 0.1) is 14.5 Å². The van der Waals surface area contributed by atoms with Crippen LogP contribution in [0.4, 0.5) is 0 Å². The molecule has 1 aliphatic carbocycles. The molecule has 2 aliphatic rings. The number of benzene rings is 1. The lowest BCUT2D eigenvalue weighted by Gasteiger charge is -2.47. The Morgan fingerprint density at radius 3 is 2.30 bits per heavy atom. The molecule has 1 unspecified atom stereocenters. The number of aliphatic carboxylic acids is 1. The van der Waals surface area contributed by atoms with E-state index in [-0.39, 0.29) is 17.4 Å². The molecule has 1 aliphatic heterocycles. The van der Waals surface area contributed by atoms with Gasteiger partial charge in [-0.3, -0.25) is 4.79 Å². The monoisotopic (exact) mass is 431 g/mol. The van der Waals surface area contributed by atoms with Gasteiger partial charge < -0.3 is 15.1 Å². The van der Waals surface area contributed by atoms with Crippen molar-refractivity contribution in [2.75, 3.05) is 0 Å². The van der Waals surface area contributed by atoms with Crippen LogP contribution in [-0.4, -0.2) is 41.1 Å². The predicted octanol–water partition coefficient (Wildman–Crippen LogP) is 3.82. The first kappa shape index (κ1) is 23.0. The third-order valence-electron chi connectivity index (χ3n) is 7.38. The molecule has 0 aromatic heterocycles. The predicted molar refractivity (Wildman–Crippen MR) is 122 cm³/mol. The fraction of sp³-hybridized carbons (Fsp3) is 0.667. The van der Waals surface area contributed by atoms with Crippen LogP contribution in [0.1, 0.15) is 73.5 Å². The topological polar surface area (TPSA) is 77.8 Å². The number of rotatable bonds is 4. The first-order chi connectivity index (χ1) is 13.8. The SMILES string of the molecule is Cc1c2c(c(C)c([Si](C)(C)C)c1[C@H](O)C(=O)O)CN(C1CCCCC1(C)C)C(=O)C2. The smallest absolute Gasteiger partial charge is 0.337 e. The summed E-state index contributed by atoms with van der Waals surface area (Å²) in [4.78, 5) is 27.0. The molecule has 1 aromatic rings. The third-order valence-corrected chi connectivity index (χ3v) is 9.52. The molecule has 6 heteroatoms. The fourth-order valence-corrected chi connectivity index (χ4v) is 8.30. The number of fused-ring (bicyclic) bond motifs is 1. The maximum absolute atomic E-state index is 13.3. The Hall–Kier alpha value is -1.66. The Balaban J connectivity index is 2.18. The van der Waals surface area contributed by atoms with Crippen molar-refractivity contribution in [3.63, 3.8) is 0 Å². The van der Waals surface area contributed by atoms with E-state index in [1.807, 2.05) is 6.92 Å². The van der Waals surface area contributed by atoms with Crippen LogP contribution >= 0.6 is 0 Å². The van der Waals surface area contributed by atoms with Gasteiger partial charge in [-0.2, -0.15) is 0 Å². The second-order valence-electron chi connectivity index (χ2n) is 10.9. The highest BCUT2D eigenvalue weighted by atomic mass is 28.3. The van der Waals surface area contributed by atoms with Crippen molar-refractivity contribution in [2.24, 2.45) is 5.41 Å². The van der Waals surface area contributed by atoms with Crippen LogP contribution in [0, 0.1) is 19.3 Å². The number of aliphatic hydroxyl groups excluding tert-OH is 1. The summed E-state index contributed by atoms with van der Waals surface area (Å²) in [5, 5.41) is 21.2. The molecule has 1 aromatic carbocycles. The van der Waals surface area contributed by atoms with Crippen LogP contribution in [0.5, 0.6) is 0 Å². The van der Waals surface area contributed by atoms with Gasteiger partial charge in [0, 0.05) is 12.6 Å². The highest BCUT2D eigenvalue weighted by Crippen LogP contribution is 2.42. The van der Waals surface area contributed by atoms with Crippen molar-refractivity contribution in [2.45, 2.75) is 98.1 Å². The third kappa shape index (κ3) is 3.84. The summed E-state index contributed by atoms with van der Waals surface area (Å²) >= 11 is 0. The average molecular weight is 432 g/mol. The fourth-order valence-electron chi connectivity index (χ4n) is 5.89. The van der Waals surface area contributed by atoms with Crippen molar-refractivity contribution in [3.05, 3.63) is 27.8 Å². The molecule has 0 saturated heterocycles. The van der Waals surface area contributed by atoms with E-state index >= 15 is 0 Å². The molecule has 5 nitrogen and oxygen atoms in total. The zero-order valence-electron chi connectivity index (χ0n) is 19.6. The van der Waals surface area contributed by atoms with Gasteiger partial charge in [0.2, 0.25) is 5.91 Å². The van der Waals surface area contributed by atoms with E-state index in [0.29, 0.717) is 18.5 Å². The summed E-state index contributed by atoms with van der Waals surface area (Å²) in [6, 6.07) is 0.242. The van der Waals surface area contributed by atoms with Gasteiger partial charge in [-0.15, -0.1) is 0 Å². The van der Waals surface area contributed by atoms with E-state index in [9.17, 15) is 19.8 Å². The molecule has 0 radical (unpaired) electrons. The van der Waals surface area contributed by atoms with Crippen LogP contribution in [-0.2, 0) is 22.6 Å². The van der Waals surface area contributed by atoms with E-state index in [4.69, 9.17) is 0 Å². The maximum Gasteiger partial charge on any atom is 0.337 e. The van der Waals surface area contributed by atoms with E-state index in [0.717, 1.165) is 41.1 Å². The largest absolute Gasteiger partial charge is 0.479 e. The van der Waals surface area contributed by atoms with Crippen LogP contribution in [0.2, 0.25) is 19.6 Å². The molecule has 0 bridgehead atoms. The molecule has 1 fully saturated rings. The van der Waals surface area contributed by atoms with Gasteiger partial charge in [-0.1, -0.05) is 51.5 Å². The Bertz CT molecular complexity index is 884. The lowest BCUT2D eigenvalue weighted by Crippen LogP contribution is -2.53. The van der Waals surface area contributed by atoms with Gasteiger partial charge in [-0.25, -0.2) is 4.79 Å². The van der Waals surface area contributed by atoms with Crippen molar-refractivity contribution in [1.29, 1.82) is 0 Å². The number of amides is 1. The number of carboxylic acids is 1. The molecule has 0 spiro atoms. The molecule has 2 atom stereocenters. The van der Waals surface area contributed by atoms with Crippen LogP contribution < -0.4 is 5.19 Å². The normalized spacial score (nSPS) is 22.6. The number of carbonyl (C=O) groups excluding carboxylic acids is 1. The van der Waals surface area contributed by atoms with E-state index in [1.165, 1.54) is 12.0 Å². The molecular weight excluding hydrogens is 394 g/mol. The number of hydrogen-bond acceptors (Lipinski definition) is 3. The first-order valence-electron chi connectivity index (χ1n) is 11.1. The molecule has 30 heavy (non-hydrogen) atoms. The van der Waals surface area contributed by atoms with Crippen LogP contribution in [0.15, 0.2) is 0 Å². The average Bonchev–Trinajstić information content (AvgIpc) is 2.62. The maximum atomic E-state index is 13.3. The lowest BCUT2D eigenvalue weighted by atomic mass is 9.71. The highest BCUT2D eigenvalue weighted by molar-refractivity contribution is 6.89. The number of carbonyl (C=O) groups is 2. The van der Waals surface area contributed by atoms with Crippen molar-refractivity contribution in [3.8, 4) is 0 Å². The molecule has 3 rings (SSSR count). The molecule has 1 heterocycles. The van der Waals surface area contributed by atoms with E-state index in [1.54, 1.807) is 0 Å². The van der Waals surface area contributed by atoms with Gasteiger partial charge >= 0.3 is 5.97 Å². The number of nitrogens with zero attached hydrogens (tertiary/aromatic N) is 1. The Morgan fingerprint density at radius 2 is 1.77 bits per heavy atom. The zero-order valence-corrected chi connectivity index (χ0v) is 20.6. The summed E-state index contributed by atoms with van der Waals surface area (Å²) in [6.07, 6.45) is 3.29. The second-order valence-corrected chi connectivity index (χ2v) is 15.9. The Kier molecular flexibility index (Phi) is 5.97. The number of hydrogen-bond donors (Lipinski definition) is 2. The van der Waals surface area contributed by atoms with Crippen LogP contribution in [0.25, 0.3) is 0 Å².